The summed E-state index contributed by atoms with van der Waals surface area (Å²) in [7, 11) is 0. The second kappa shape index (κ2) is 12.4. The number of rotatable bonds is 12. The number of fused-ring (bicyclic) bond motifs is 4. The van der Waals surface area contributed by atoms with E-state index in [4.69, 9.17) is 0 Å². The Morgan fingerprint density at radius 3 is 1.76 bits per heavy atom. The summed E-state index contributed by atoms with van der Waals surface area (Å²) in [6.07, 6.45) is 13.0. The van der Waals surface area contributed by atoms with Gasteiger partial charge in [0.2, 0.25) is 0 Å². The quantitative estimate of drug-likeness (QED) is 0.134. The molecule has 1 aliphatic rings. The molecule has 0 saturated heterocycles. The van der Waals surface area contributed by atoms with Gasteiger partial charge in [-0.25, -0.2) is 0 Å². The summed E-state index contributed by atoms with van der Waals surface area (Å²) in [6, 6.07) is 34.9. The fraction of sp³-hybridized carbons (Fsp3) is 0.350. The molecule has 0 fully saturated rings. The predicted octanol–water partition coefficient (Wildman–Crippen LogP) is 12.8. The first kappa shape index (κ1) is 28.0. The fourth-order valence-electron chi connectivity index (χ4n) is 7.19. The van der Waals surface area contributed by atoms with E-state index >= 15 is 0 Å². The Hall–Kier alpha value is -3.16. The standard InChI is InChI=1S/C40H44S/c1-4-6-8-14-26-40(27-15-9-7-5-2)36-19-13-12-16-32(36)33-25-24-31(28-37(33)40)39-35-18-11-10-17-34(35)38(41-39)30-22-20-29(3)21-23-30/h10-13,16-25,28H,4-9,14-15,26-27H2,1-3H3. The zero-order chi connectivity index (χ0) is 28.2. The topological polar surface area (TPSA) is 0 Å². The Balaban J connectivity index is 1.48. The van der Waals surface area contributed by atoms with Gasteiger partial charge in [0, 0.05) is 25.9 Å². The van der Waals surface area contributed by atoms with Gasteiger partial charge in [-0.1, -0.05) is 156 Å². The second-order valence-corrected chi connectivity index (χ2v) is 13.2. The molecule has 0 atom stereocenters. The molecule has 1 heterocycles. The minimum Gasteiger partial charge on any atom is -0.134 e. The van der Waals surface area contributed by atoms with Crippen LogP contribution >= 0.6 is 11.3 Å². The molecule has 0 bridgehead atoms. The third kappa shape index (κ3) is 5.30. The first-order valence-corrected chi connectivity index (χ1v) is 16.8. The van der Waals surface area contributed by atoms with Gasteiger partial charge >= 0.3 is 0 Å². The fourth-order valence-corrected chi connectivity index (χ4v) is 8.47. The van der Waals surface area contributed by atoms with E-state index in [1.54, 1.807) is 11.1 Å². The lowest BCUT2D eigenvalue weighted by atomic mass is 9.70. The average molecular weight is 557 g/mol. The molecule has 1 aliphatic carbocycles. The highest BCUT2D eigenvalue weighted by Crippen LogP contribution is 2.55. The van der Waals surface area contributed by atoms with Crippen LogP contribution in [0.4, 0.5) is 0 Å². The van der Waals surface area contributed by atoms with Crippen LogP contribution in [0.1, 0.15) is 94.7 Å². The first-order chi connectivity index (χ1) is 20.2. The average Bonchev–Trinajstić information content (AvgIpc) is 3.52. The van der Waals surface area contributed by atoms with Gasteiger partial charge in [0.1, 0.15) is 0 Å². The van der Waals surface area contributed by atoms with Crippen LogP contribution in [0.15, 0.2) is 91.0 Å². The molecular formula is C40H44S. The summed E-state index contributed by atoms with van der Waals surface area (Å²) in [5.74, 6) is 0. The van der Waals surface area contributed by atoms with Gasteiger partial charge in [-0.2, -0.15) is 0 Å². The molecule has 0 nitrogen and oxygen atoms in total. The monoisotopic (exact) mass is 556 g/mol. The van der Waals surface area contributed by atoms with Gasteiger partial charge in [-0.15, -0.1) is 11.3 Å². The van der Waals surface area contributed by atoms with Crippen LogP contribution in [0, 0.1) is 6.92 Å². The Bertz CT molecular complexity index is 1610. The van der Waals surface area contributed by atoms with Crippen molar-refractivity contribution in [2.45, 2.75) is 90.4 Å². The minimum atomic E-state index is 0.121. The highest BCUT2D eigenvalue weighted by atomic mass is 32.1. The lowest BCUT2D eigenvalue weighted by molar-refractivity contribution is 0.401. The van der Waals surface area contributed by atoms with Crippen LogP contribution in [0.5, 0.6) is 0 Å². The molecule has 6 rings (SSSR count). The van der Waals surface area contributed by atoms with E-state index in [0.29, 0.717) is 0 Å². The lowest BCUT2D eigenvalue weighted by Crippen LogP contribution is -2.25. The molecule has 5 aromatic rings. The molecule has 210 valence electrons. The molecule has 0 amide bonds. The number of thiophene rings is 1. The second-order valence-electron chi connectivity index (χ2n) is 12.2. The maximum absolute atomic E-state index is 2.60. The number of benzene rings is 4. The van der Waals surface area contributed by atoms with Gasteiger partial charge in [0.25, 0.3) is 0 Å². The van der Waals surface area contributed by atoms with Gasteiger partial charge in [0.05, 0.1) is 0 Å². The molecule has 0 N–H and O–H groups in total. The van der Waals surface area contributed by atoms with Gasteiger partial charge < -0.3 is 0 Å². The Morgan fingerprint density at radius 1 is 0.537 bits per heavy atom. The molecule has 1 aromatic heterocycles. The van der Waals surface area contributed by atoms with Crippen LogP contribution < -0.4 is 0 Å². The van der Waals surface area contributed by atoms with Crippen molar-refractivity contribution >= 4 is 22.1 Å². The molecule has 0 saturated carbocycles. The van der Waals surface area contributed by atoms with Crippen molar-refractivity contribution in [2.75, 3.05) is 0 Å². The predicted molar refractivity (Wildman–Crippen MR) is 181 cm³/mol. The summed E-state index contributed by atoms with van der Waals surface area (Å²) < 4.78 is 0. The number of aryl methyl sites for hydroxylation is 1. The van der Waals surface area contributed by atoms with Crippen molar-refractivity contribution in [1.82, 2.24) is 0 Å². The van der Waals surface area contributed by atoms with Crippen LogP contribution in [-0.2, 0) is 5.41 Å². The van der Waals surface area contributed by atoms with E-state index < -0.39 is 0 Å². The first-order valence-electron chi connectivity index (χ1n) is 16.0. The van der Waals surface area contributed by atoms with Crippen molar-refractivity contribution in [2.24, 2.45) is 0 Å². The number of unbranched alkanes of at least 4 members (excludes halogenated alkanes) is 6. The molecule has 0 unspecified atom stereocenters. The van der Waals surface area contributed by atoms with Crippen molar-refractivity contribution in [1.29, 1.82) is 0 Å². The third-order valence-corrected chi connectivity index (χ3v) is 10.7. The van der Waals surface area contributed by atoms with E-state index in [9.17, 15) is 0 Å². The normalized spacial score (nSPS) is 13.4. The third-order valence-electron chi connectivity index (χ3n) is 9.38. The van der Waals surface area contributed by atoms with Crippen LogP contribution in [0.25, 0.3) is 42.8 Å². The maximum atomic E-state index is 2.60. The van der Waals surface area contributed by atoms with Gasteiger partial charge in [-0.05, 0) is 59.2 Å². The number of hydrogen-bond donors (Lipinski definition) is 0. The van der Waals surface area contributed by atoms with Gasteiger partial charge in [-0.3, -0.25) is 0 Å². The van der Waals surface area contributed by atoms with E-state index in [0.717, 1.165) is 0 Å². The largest absolute Gasteiger partial charge is 0.134 e. The lowest BCUT2D eigenvalue weighted by Gasteiger charge is -2.33. The van der Waals surface area contributed by atoms with Crippen LogP contribution in [0.3, 0.4) is 0 Å². The summed E-state index contributed by atoms with van der Waals surface area (Å²) in [5, 5.41) is 2.74. The SMILES string of the molecule is CCCCCCC1(CCCCCC)c2ccccc2-c2ccc(-c3sc(-c4ccc(C)cc4)c4ccccc34)cc21. The summed E-state index contributed by atoms with van der Waals surface area (Å²) in [4.78, 5) is 2.78. The summed E-state index contributed by atoms with van der Waals surface area (Å²) in [5.41, 5.74) is 10.2. The Kier molecular flexibility index (Phi) is 8.45. The molecule has 1 heteroatoms. The smallest absolute Gasteiger partial charge is 0.0428 e. The summed E-state index contributed by atoms with van der Waals surface area (Å²) >= 11 is 1.96. The molecule has 0 spiro atoms. The van der Waals surface area contributed by atoms with Crippen LogP contribution in [0.2, 0.25) is 0 Å². The minimum absolute atomic E-state index is 0.121. The molecule has 41 heavy (non-hydrogen) atoms. The molecule has 0 aliphatic heterocycles. The van der Waals surface area contributed by atoms with Crippen molar-refractivity contribution < 1.29 is 0 Å². The van der Waals surface area contributed by atoms with E-state index in [2.05, 4.69) is 112 Å². The molecular weight excluding hydrogens is 513 g/mol. The maximum Gasteiger partial charge on any atom is 0.0428 e. The Labute approximate surface area is 251 Å². The van der Waals surface area contributed by atoms with Crippen molar-refractivity contribution in [3.05, 3.63) is 108 Å². The Morgan fingerprint density at radius 2 is 1.10 bits per heavy atom. The highest BCUT2D eigenvalue weighted by molar-refractivity contribution is 7.21. The van der Waals surface area contributed by atoms with E-state index in [1.807, 2.05) is 11.3 Å². The van der Waals surface area contributed by atoms with Crippen LogP contribution in [-0.4, -0.2) is 0 Å². The van der Waals surface area contributed by atoms with Crippen molar-refractivity contribution in [3.8, 4) is 32.0 Å². The van der Waals surface area contributed by atoms with E-state index in [1.165, 1.54) is 113 Å². The molecule has 4 aromatic carbocycles. The van der Waals surface area contributed by atoms with Crippen molar-refractivity contribution in [3.63, 3.8) is 0 Å². The summed E-state index contributed by atoms with van der Waals surface area (Å²) in [6.45, 7) is 6.81. The zero-order valence-electron chi connectivity index (χ0n) is 25.1. The zero-order valence-corrected chi connectivity index (χ0v) is 26.0. The number of hydrogen-bond acceptors (Lipinski definition) is 1. The van der Waals surface area contributed by atoms with E-state index in [-0.39, 0.29) is 5.41 Å². The highest BCUT2D eigenvalue weighted by Gasteiger charge is 2.42. The van der Waals surface area contributed by atoms with Gasteiger partial charge in [0.15, 0.2) is 0 Å². The molecule has 0 radical (unpaired) electrons.